The number of benzene rings is 2. The van der Waals surface area contributed by atoms with Gasteiger partial charge in [0.1, 0.15) is 18.2 Å². The molecule has 0 saturated carbocycles. The van der Waals surface area contributed by atoms with Crippen LogP contribution in [-0.2, 0) is 6.61 Å². The van der Waals surface area contributed by atoms with Crippen molar-refractivity contribution in [1.29, 1.82) is 5.41 Å². The minimum atomic E-state index is -0.449. The molecule has 2 rings (SSSR count). The Morgan fingerprint density at radius 3 is 2.55 bits per heavy atom. The summed E-state index contributed by atoms with van der Waals surface area (Å²) in [5.74, 6) is 0.321. The van der Waals surface area contributed by atoms with Crippen LogP contribution in [0.1, 0.15) is 11.1 Å². The first kappa shape index (κ1) is 13.5. The fourth-order valence-electron chi connectivity index (χ4n) is 1.78. The van der Waals surface area contributed by atoms with E-state index in [-0.39, 0.29) is 18.1 Å². The van der Waals surface area contributed by atoms with Crippen molar-refractivity contribution in [3.63, 3.8) is 0 Å². The fraction of sp³-hybridized carbons (Fsp3) is 0.0714. The molecule has 2 aromatic carbocycles. The number of nitro benzene ring substituents is 1. The Bertz CT molecular complexity index is 598. The summed E-state index contributed by atoms with van der Waals surface area (Å²) in [4.78, 5) is 10.5. The van der Waals surface area contributed by atoms with Crippen LogP contribution in [0.4, 0.5) is 5.69 Å². The topological polar surface area (TPSA) is 102 Å². The minimum absolute atomic E-state index is 0.00723. The average Bonchev–Trinajstić information content (AvgIpc) is 2.45. The number of nitrogens with two attached hydrogens (primary N) is 1. The van der Waals surface area contributed by atoms with E-state index < -0.39 is 4.92 Å². The van der Waals surface area contributed by atoms with Gasteiger partial charge in [-0.2, -0.15) is 0 Å². The van der Waals surface area contributed by atoms with Gasteiger partial charge in [0.05, 0.1) is 16.1 Å². The van der Waals surface area contributed by atoms with Gasteiger partial charge in [0.2, 0.25) is 0 Å². The lowest BCUT2D eigenvalue weighted by Gasteiger charge is -2.10. The Morgan fingerprint density at radius 1 is 1.20 bits per heavy atom. The molecule has 20 heavy (non-hydrogen) atoms. The Balaban J connectivity index is 2.22. The molecule has 0 aliphatic rings. The van der Waals surface area contributed by atoms with Gasteiger partial charge in [-0.05, 0) is 18.2 Å². The van der Waals surface area contributed by atoms with E-state index in [1.807, 2.05) is 0 Å². The first-order valence-corrected chi connectivity index (χ1v) is 5.88. The number of nitrogens with one attached hydrogen (secondary N) is 1. The number of rotatable bonds is 5. The molecule has 0 unspecified atom stereocenters. The first-order chi connectivity index (χ1) is 9.59. The highest BCUT2D eigenvalue weighted by Gasteiger charge is 2.13. The smallest absolute Gasteiger partial charge is 0.276 e. The summed E-state index contributed by atoms with van der Waals surface area (Å²) >= 11 is 0. The van der Waals surface area contributed by atoms with Gasteiger partial charge in [-0.25, -0.2) is 0 Å². The van der Waals surface area contributed by atoms with Crippen molar-refractivity contribution >= 4 is 11.5 Å². The first-order valence-electron chi connectivity index (χ1n) is 5.88. The average molecular weight is 271 g/mol. The van der Waals surface area contributed by atoms with Crippen LogP contribution in [0.2, 0.25) is 0 Å². The number of hydrogen-bond donors (Lipinski definition) is 2. The van der Waals surface area contributed by atoms with Gasteiger partial charge >= 0.3 is 0 Å². The molecule has 0 aliphatic heterocycles. The minimum Gasteiger partial charge on any atom is -0.488 e. The van der Waals surface area contributed by atoms with Gasteiger partial charge in [-0.15, -0.1) is 0 Å². The summed E-state index contributed by atoms with van der Waals surface area (Å²) < 4.78 is 5.55. The number of para-hydroxylation sites is 2. The third-order valence-corrected chi connectivity index (χ3v) is 2.75. The number of hydrogen-bond acceptors (Lipinski definition) is 4. The molecule has 0 aromatic heterocycles. The molecule has 0 radical (unpaired) electrons. The van der Waals surface area contributed by atoms with Gasteiger partial charge in [-0.3, -0.25) is 15.5 Å². The van der Waals surface area contributed by atoms with Gasteiger partial charge in [0.25, 0.3) is 5.69 Å². The molecule has 0 bridgehead atoms. The molecular weight excluding hydrogens is 258 g/mol. The summed E-state index contributed by atoms with van der Waals surface area (Å²) in [6.45, 7) is 0.0431. The van der Waals surface area contributed by atoms with E-state index in [0.29, 0.717) is 16.9 Å². The number of nitrogen functional groups attached to an aromatic ring is 1. The number of amidine groups is 1. The summed E-state index contributed by atoms with van der Waals surface area (Å²) in [5, 5.41) is 18.4. The maximum absolute atomic E-state index is 10.9. The highest BCUT2D eigenvalue weighted by Crippen LogP contribution is 2.22. The van der Waals surface area contributed by atoms with Crippen LogP contribution in [0.15, 0.2) is 48.5 Å². The van der Waals surface area contributed by atoms with Crippen LogP contribution in [-0.4, -0.2) is 10.8 Å². The molecule has 102 valence electrons. The van der Waals surface area contributed by atoms with E-state index in [4.69, 9.17) is 15.9 Å². The van der Waals surface area contributed by atoms with Crippen LogP contribution in [0, 0.1) is 15.5 Å². The summed E-state index contributed by atoms with van der Waals surface area (Å²) in [5.41, 5.74) is 6.40. The number of nitrogens with zero attached hydrogens (tertiary/aromatic N) is 1. The summed E-state index contributed by atoms with van der Waals surface area (Å²) in [6.07, 6.45) is 0. The van der Waals surface area contributed by atoms with Crippen LogP contribution in [0.25, 0.3) is 0 Å². The molecule has 0 amide bonds. The number of nitro groups is 1. The molecule has 0 fully saturated rings. The molecule has 0 atom stereocenters. The van der Waals surface area contributed by atoms with E-state index >= 15 is 0 Å². The predicted molar refractivity (Wildman–Crippen MR) is 74.9 cm³/mol. The molecular formula is C14H13N3O3. The normalized spacial score (nSPS) is 10.0. The van der Waals surface area contributed by atoms with Crippen LogP contribution >= 0.6 is 0 Å². The van der Waals surface area contributed by atoms with Crippen molar-refractivity contribution in [2.45, 2.75) is 6.61 Å². The maximum Gasteiger partial charge on any atom is 0.276 e. The van der Waals surface area contributed by atoms with Crippen molar-refractivity contribution < 1.29 is 9.66 Å². The van der Waals surface area contributed by atoms with Gasteiger partial charge < -0.3 is 10.5 Å². The van der Waals surface area contributed by atoms with Gasteiger partial charge in [0.15, 0.2) is 0 Å². The lowest BCUT2D eigenvalue weighted by molar-refractivity contribution is -0.385. The zero-order valence-electron chi connectivity index (χ0n) is 10.6. The standard InChI is InChI=1S/C14H13N3O3/c15-14(16)11-6-2-4-8-13(11)20-9-10-5-1-3-7-12(10)17(18)19/h1-8H,9H2,(H3,15,16). The van der Waals surface area contributed by atoms with E-state index in [9.17, 15) is 10.1 Å². The lowest BCUT2D eigenvalue weighted by Crippen LogP contribution is -2.13. The third kappa shape index (κ3) is 2.92. The van der Waals surface area contributed by atoms with Crippen LogP contribution in [0.5, 0.6) is 5.75 Å². The van der Waals surface area contributed by atoms with Crippen molar-refractivity contribution in [1.82, 2.24) is 0 Å². The van der Waals surface area contributed by atoms with Crippen molar-refractivity contribution in [3.05, 3.63) is 69.8 Å². The Hall–Kier alpha value is -2.89. The molecule has 0 heterocycles. The molecule has 0 aliphatic carbocycles. The van der Waals surface area contributed by atoms with E-state index in [1.165, 1.54) is 6.07 Å². The summed E-state index contributed by atoms with van der Waals surface area (Å²) in [6, 6.07) is 13.2. The zero-order valence-corrected chi connectivity index (χ0v) is 10.6. The van der Waals surface area contributed by atoms with Crippen molar-refractivity contribution in [2.75, 3.05) is 0 Å². The molecule has 3 N–H and O–H groups in total. The molecule has 0 saturated heterocycles. The van der Waals surface area contributed by atoms with Crippen LogP contribution < -0.4 is 10.5 Å². The van der Waals surface area contributed by atoms with Gasteiger partial charge in [0, 0.05) is 6.07 Å². The Kier molecular flexibility index (Phi) is 3.95. The van der Waals surface area contributed by atoms with E-state index in [2.05, 4.69) is 0 Å². The van der Waals surface area contributed by atoms with Gasteiger partial charge in [-0.1, -0.05) is 24.3 Å². The SMILES string of the molecule is N=C(N)c1ccccc1OCc1ccccc1[N+](=O)[O-]. The summed E-state index contributed by atoms with van der Waals surface area (Å²) in [7, 11) is 0. The van der Waals surface area contributed by atoms with Crippen molar-refractivity contribution in [2.24, 2.45) is 5.73 Å². The third-order valence-electron chi connectivity index (χ3n) is 2.75. The van der Waals surface area contributed by atoms with E-state index in [0.717, 1.165) is 0 Å². The van der Waals surface area contributed by atoms with Crippen molar-refractivity contribution in [3.8, 4) is 5.75 Å². The second-order valence-corrected chi connectivity index (χ2v) is 4.08. The quantitative estimate of drug-likeness (QED) is 0.377. The fourth-order valence-corrected chi connectivity index (χ4v) is 1.78. The van der Waals surface area contributed by atoms with Crippen LogP contribution in [0.3, 0.4) is 0 Å². The zero-order chi connectivity index (χ0) is 14.5. The Morgan fingerprint density at radius 2 is 1.85 bits per heavy atom. The highest BCUT2D eigenvalue weighted by molar-refractivity contribution is 5.97. The predicted octanol–water partition coefficient (Wildman–Crippen LogP) is 2.46. The molecule has 2 aromatic rings. The second kappa shape index (κ2) is 5.83. The molecule has 6 nitrogen and oxygen atoms in total. The highest BCUT2D eigenvalue weighted by atomic mass is 16.6. The largest absolute Gasteiger partial charge is 0.488 e. The lowest BCUT2D eigenvalue weighted by atomic mass is 10.1. The maximum atomic E-state index is 10.9. The number of ether oxygens (including phenoxy) is 1. The van der Waals surface area contributed by atoms with E-state index in [1.54, 1.807) is 42.5 Å². The molecule has 6 heteroatoms. The monoisotopic (exact) mass is 271 g/mol. The Labute approximate surface area is 115 Å². The molecule has 0 spiro atoms. The second-order valence-electron chi connectivity index (χ2n) is 4.08.